The highest BCUT2D eigenvalue weighted by Crippen LogP contribution is 2.08. The molecule has 1 heterocycles. The van der Waals surface area contributed by atoms with Gasteiger partial charge in [-0.05, 0) is 12.8 Å². The second-order valence-electron chi connectivity index (χ2n) is 1.78. The van der Waals surface area contributed by atoms with Gasteiger partial charge in [-0.15, -0.1) is 12.4 Å². The molecule has 0 saturated heterocycles. The Bertz CT molecular complexity index is 105. The molecule has 1 aliphatic heterocycles. The Balaban J connectivity index is 0.000000640. The van der Waals surface area contributed by atoms with Crippen molar-refractivity contribution < 1.29 is 0 Å². The second-order valence-corrected chi connectivity index (χ2v) is 2.89. The number of amidine groups is 1. The zero-order valence-electron chi connectivity index (χ0n) is 5.17. The van der Waals surface area contributed by atoms with Gasteiger partial charge >= 0.3 is 0 Å². The van der Waals surface area contributed by atoms with Crippen LogP contribution in [0.2, 0.25) is 0 Å². The van der Waals surface area contributed by atoms with E-state index in [-0.39, 0.29) is 12.4 Å². The molecule has 4 heteroatoms. The van der Waals surface area contributed by atoms with Crippen molar-refractivity contribution in [2.75, 3.05) is 12.3 Å². The van der Waals surface area contributed by atoms with Crippen molar-refractivity contribution in [1.82, 2.24) is 0 Å². The molecular weight excluding hydrogens is 156 g/mol. The SMILES string of the molecule is Cl.NC1=NCCCCS1. The van der Waals surface area contributed by atoms with Gasteiger partial charge in [0.2, 0.25) is 0 Å². The molecule has 1 aliphatic rings. The number of hydrogen-bond donors (Lipinski definition) is 1. The third kappa shape index (κ3) is 3.65. The summed E-state index contributed by atoms with van der Waals surface area (Å²) < 4.78 is 0. The van der Waals surface area contributed by atoms with Crippen molar-refractivity contribution in [1.29, 1.82) is 0 Å². The summed E-state index contributed by atoms with van der Waals surface area (Å²) in [5.41, 5.74) is 5.45. The van der Waals surface area contributed by atoms with Crippen LogP contribution in [0.3, 0.4) is 0 Å². The number of halogens is 1. The highest BCUT2D eigenvalue weighted by Gasteiger charge is 1.97. The van der Waals surface area contributed by atoms with E-state index in [0.29, 0.717) is 0 Å². The van der Waals surface area contributed by atoms with Gasteiger partial charge in [0, 0.05) is 12.3 Å². The lowest BCUT2D eigenvalue weighted by Gasteiger charge is -1.90. The van der Waals surface area contributed by atoms with E-state index in [2.05, 4.69) is 4.99 Å². The van der Waals surface area contributed by atoms with Crippen LogP contribution in [0.25, 0.3) is 0 Å². The maximum absolute atomic E-state index is 5.45. The zero-order chi connectivity index (χ0) is 5.82. The van der Waals surface area contributed by atoms with Crippen molar-refractivity contribution in [3.8, 4) is 0 Å². The monoisotopic (exact) mass is 166 g/mol. The van der Waals surface area contributed by atoms with Gasteiger partial charge in [-0.25, -0.2) is 0 Å². The highest BCUT2D eigenvalue weighted by molar-refractivity contribution is 8.13. The highest BCUT2D eigenvalue weighted by atomic mass is 35.5. The summed E-state index contributed by atoms with van der Waals surface area (Å²) in [6.45, 7) is 0.929. The lowest BCUT2D eigenvalue weighted by Crippen LogP contribution is -2.05. The fraction of sp³-hybridized carbons (Fsp3) is 0.800. The second kappa shape index (κ2) is 4.94. The Labute approximate surface area is 65.7 Å². The van der Waals surface area contributed by atoms with E-state index < -0.39 is 0 Å². The molecule has 0 amide bonds. The molecule has 0 unspecified atom stereocenters. The van der Waals surface area contributed by atoms with E-state index >= 15 is 0 Å². The molecule has 54 valence electrons. The summed E-state index contributed by atoms with van der Waals surface area (Å²) in [7, 11) is 0. The molecule has 2 N–H and O–H groups in total. The van der Waals surface area contributed by atoms with Crippen LogP contribution in [-0.2, 0) is 0 Å². The minimum Gasteiger partial charge on any atom is -0.379 e. The number of rotatable bonds is 0. The average molecular weight is 167 g/mol. The predicted molar refractivity (Wildman–Crippen MR) is 45.4 cm³/mol. The van der Waals surface area contributed by atoms with E-state index in [1.807, 2.05) is 0 Å². The van der Waals surface area contributed by atoms with Gasteiger partial charge in [0.15, 0.2) is 5.17 Å². The fourth-order valence-electron chi connectivity index (χ4n) is 0.625. The van der Waals surface area contributed by atoms with E-state index in [1.54, 1.807) is 11.8 Å². The Hall–Kier alpha value is 0.110. The van der Waals surface area contributed by atoms with Crippen LogP contribution in [0.4, 0.5) is 0 Å². The predicted octanol–water partition coefficient (Wildman–Crippen LogP) is 1.25. The van der Waals surface area contributed by atoms with E-state index in [0.717, 1.165) is 17.5 Å². The van der Waals surface area contributed by atoms with Crippen molar-refractivity contribution in [2.45, 2.75) is 12.8 Å². The standard InChI is InChI=1S/C5H10N2S.ClH/c6-5-7-3-1-2-4-8-5;/h1-4H2,(H2,6,7);1H. The third-order valence-corrected chi connectivity index (χ3v) is 1.99. The van der Waals surface area contributed by atoms with Gasteiger partial charge in [-0.2, -0.15) is 0 Å². The number of nitrogens with two attached hydrogens (primary N) is 1. The summed E-state index contributed by atoms with van der Waals surface area (Å²) in [5, 5.41) is 0.766. The first-order valence-corrected chi connectivity index (χ1v) is 3.81. The van der Waals surface area contributed by atoms with Crippen molar-refractivity contribution in [3.05, 3.63) is 0 Å². The molecule has 0 aliphatic carbocycles. The summed E-state index contributed by atoms with van der Waals surface area (Å²) in [5.74, 6) is 1.15. The van der Waals surface area contributed by atoms with Crippen LogP contribution in [0.1, 0.15) is 12.8 Å². The largest absolute Gasteiger partial charge is 0.379 e. The molecule has 0 fully saturated rings. The minimum atomic E-state index is 0. The summed E-state index contributed by atoms with van der Waals surface area (Å²) in [4.78, 5) is 4.08. The Kier molecular flexibility index (Phi) is 5.00. The Morgan fingerprint density at radius 1 is 1.44 bits per heavy atom. The molecule has 0 saturated carbocycles. The van der Waals surface area contributed by atoms with E-state index in [4.69, 9.17) is 5.73 Å². The van der Waals surface area contributed by atoms with Gasteiger partial charge in [0.05, 0.1) is 0 Å². The third-order valence-electron chi connectivity index (χ3n) is 1.07. The van der Waals surface area contributed by atoms with Gasteiger partial charge in [-0.3, -0.25) is 4.99 Å². The normalized spacial score (nSPS) is 19.3. The molecule has 0 spiro atoms. The summed E-state index contributed by atoms with van der Waals surface area (Å²) in [6, 6.07) is 0. The minimum absolute atomic E-state index is 0. The molecule has 2 nitrogen and oxygen atoms in total. The molecule has 0 radical (unpaired) electrons. The van der Waals surface area contributed by atoms with Crippen LogP contribution in [0, 0.1) is 0 Å². The fourth-order valence-corrected chi connectivity index (χ4v) is 1.37. The van der Waals surface area contributed by atoms with Gasteiger partial charge in [-0.1, -0.05) is 11.8 Å². The molecule has 0 atom stereocenters. The molecule has 1 rings (SSSR count). The molecule has 0 bridgehead atoms. The summed E-state index contributed by atoms with van der Waals surface area (Å²) >= 11 is 1.67. The van der Waals surface area contributed by atoms with Crippen LogP contribution >= 0.6 is 24.2 Å². The van der Waals surface area contributed by atoms with Crippen LogP contribution in [-0.4, -0.2) is 17.5 Å². The number of aliphatic imine (C=N–C) groups is 1. The van der Waals surface area contributed by atoms with Crippen LogP contribution in [0.5, 0.6) is 0 Å². The smallest absolute Gasteiger partial charge is 0.153 e. The quantitative estimate of drug-likeness (QED) is 0.589. The van der Waals surface area contributed by atoms with Gasteiger partial charge in [0.25, 0.3) is 0 Å². The van der Waals surface area contributed by atoms with Crippen LogP contribution < -0.4 is 5.73 Å². The van der Waals surface area contributed by atoms with Crippen molar-refractivity contribution in [3.63, 3.8) is 0 Å². The maximum atomic E-state index is 5.45. The Morgan fingerprint density at radius 3 is 3.00 bits per heavy atom. The molecule has 0 aromatic rings. The first-order chi connectivity index (χ1) is 3.89. The lowest BCUT2D eigenvalue weighted by atomic mass is 10.3. The lowest BCUT2D eigenvalue weighted by molar-refractivity contribution is 0.823. The molecule has 0 aromatic carbocycles. The van der Waals surface area contributed by atoms with E-state index in [1.165, 1.54) is 12.8 Å². The first-order valence-electron chi connectivity index (χ1n) is 2.82. The van der Waals surface area contributed by atoms with Crippen molar-refractivity contribution in [2.24, 2.45) is 10.7 Å². The number of hydrogen-bond acceptors (Lipinski definition) is 3. The van der Waals surface area contributed by atoms with Crippen LogP contribution in [0.15, 0.2) is 4.99 Å². The topological polar surface area (TPSA) is 38.4 Å². The zero-order valence-corrected chi connectivity index (χ0v) is 6.80. The number of nitrogens with zero attached hydrogens (tertiary/aromatic N) is 1. The first kappa shape index (κ1) is 9.11. The molecular formula is C5H11ClN2S. The molecule has 9 heavy (non-hydrogen) atoms. The Morgan fingerprint density at radius 2 is 2.22 bits per heavy atom. The van der Waals surface area contributed by atoms with Gasteiger partial charge in [0.1, 0.15) is 0 Å². The van der Waals surface area contributed by atoms with Crippen molar-refractivity contribution >= 4 is 29.3 Å². The number of thioether (sulfide) groups is 1. The summed E-state index contributed by atoms with van der Waals surface area (Å²) in [6.07, 6.45) is 2.46. The van der Waals surface area contributed by atoms with E-state index in [9.17, 15) is 0 Å². The van der Waals surface area contributed by atoms with Gasteiger partial charge < -0.3 is 5.73 Å². The molecule has 0 aromatic heterocycles. The maximum Gasteiger partial charge on any atom is 0.153 e. The average Bonchev–Trinajstić information content (AvgIpc) is 1.94.